The van der Waals surface area contributed by atoms with Crippen molar-refractivity contribution < 1.29 is 18.0 Å². The van der Waals surface area contributed by atoms with Crippen LogP contribution in [0.2, 0.25) is 10.0 Å². The van der Waals surface area contributed by atoms with Crippen LogP contribution in [0.25, 0.3) is 11.3 Å². The first-order valence-electron chi connectivity index (χ1n) is 8.54. The maximum atomic E-state index is 13.8. The van der Waals surface area contributed by atoms with Gasteiger partial charge in [-0.15, -0.1) is 0 Å². The second kappa shape index (κ2) is 9.17. The Bertz CT molecular complexity index is 992. The van der Waals surface area contributed by atoms with Gasteiger partial charge >= 0.3 is 0 Å². The smallest absolute Gasteiger partial charge is 0.220 e. The molecule has 0 saturated carbocycles. The van der Waals surface area contributed by atoms with E-state index in [4.69, 9.17) is 27.6 Å². The third kappa shape index (κ3) is 5.09. The number of aryl methyl sites for hydroxylation is 1. The first-order chi connectivity index (χ1) is 13.4. The van der Waals surface area contributed by atoms with Crippen LogP contribution in [0, 0.1) is 11.6 Å². The predicted octanol–water partition coefficient (Wildman–Crippen LogP) is 5.22. The number of carbonyl (C=O) groups excluding carboxylic acids is 1. The minimum Gasteiger partial charge on any atom is -0.441 e. The molecule has 1 aromatic heterocycles. The number of amides is 1. The number of rotatable bonds is 7. The van der Waals surface area contributed by atoms with Crippen molar-refractivity contribution in [1.82, 2.24) is 10.3 Å². The largest absolute Gasteiger partial charge is 0.441 e. The van der Waals surface area contributed by atoms with Gasteiger partial charge in [-0.05, 0) is 30.2 Å². The average molecular weight is 425 g/mol. The first-order valence-corrected chi connectivity index (χ1v) is 9.29. The van der Waals surface area contributed by atoms with Crippen LogP contribution in [0.3, 0.4) is 0 Å². The minimum atomic E-state index is -0.736. The van der Waals surface area contributed by atoms with Crippen molar-refractivity contribution >= 4 is 29.1 Å². The Hall–Kier alpha value is -2.44. The lowest BCUT2D eigenvalue weighted by Crippen LogP contribution is -2.26. The lowest BCUT2D eigenvalue weighted by atomic mass is 10.1. The van der Waals surface area contributed by atoms with Gasteiger partial charge in [-0.1, -0.05) is 35.3 Å². The SMILES string of the molecule is O=C(CCc1ncc(-c2ccc(F)cc2F)o1)NCCc1cccc(Cl)c1Cl. The van der Waals surface area contributed by atoms with Crippen LogP contribution in [0.4, 0.5) is 8.78 Å². The molecule has 0 radical (unpaired) electrons. The molecule has 0 spiro atoms. The van der Waals surface area contributed by atoms with Gasteiger partial charge in [0.15, 0.2) is 11.7 Å². The molecule has 0 atom stereocenters. The third-order valence-electron chi connectivity index (χ3n) is 4.06. The molecule has 0 bridgehead atoms. The van der Waals surface area contributed by atoms with Crippen LogP contribution in [0.5, 0.6) is 0 Å². The Balaban J connectivity index is 1.48. The van der Waals surface area contributed by atoms with Crippen LogP contribution >= 0.6 is 23.2 Å². The van der Waals surface area contributed by atoms with E-state index >= 15 is 0 Å². The number of nitrogens with one attached hydrogen (secondary N) is 1. The number of carbonyl (C=O) groups is 1. The van der Waals surface area contributed by atoms with Crippen molar-refractivity contribution in [2.24, 2.45) is 0 Å². The van der Waals surface area contributed by atoms with Crippen LogP contribution in [-0.4, -0.2) is 17.4 Å². The van der Waals surface area contributed by atoms with E-state index in [0.29, 0.717) is 28.9 Å². The maximum absolute atomic E-state index is 13.8. The van der Waals surface area contributed by atoms with E-state index < -0.39 is 11.6 Å². The zero-order valence-corrected chi connectivity index (χ0v) is 16.2. The quantitative estimate of drug-likeness (QED) is 0.565. The topological polar surface area (TPSA) is 55.1 Å². The van der Waals surface area contributed by atoms with E-state index in [0.717, 1.165) is 17.7 Å². The molecule has 0 aliphatic carbocycles. The Kier molecular flexibility index (Phi) is 6.65. The van der Waals surface area contributed by atoms with E-state index in [2.05, 4.69) is 10.3 Å². The third-order valence-corrected chi connectivity index (χ3v) is 4.92. The van der Waals surface area contributed by atoms with E-state index in [1.165, 1.54) is 12.3 Å². The zero-order valence-electron chi connectivity index (χ0n) is 14.6. The summed E-state index contributed by atoms with van der Waals surface area (Å²) >= 11 is 12.1. The van der Waals surface area contributed by atoms with Gasteiger partial charge in [0.2, 0.25) is 5.91 Å². The molecular formula is C20H16Cl2F2N2O2. The number of nitrogens with zero attached hydrogens (tertiary/aromatic N) is 1. The summed E-state index contributed by atoms with van der Waals surface area (Å²) in [6.45, 7) is 0.413. The van der Waals surface area contributed by atoms with Crippen LogP contribution < -0.4 is 5.32 Å². The molecule has 0 aliphatic heterocycles. The standard InChI is InChI=1S/C20H16Cl2F2N2O2/c21-15-3-1-2-12(20(15)22)8-9-25-18(27)6-7-19-26-11-17(28-19)14-5-4-13(23)10-16(14)24/h1-5,10-11H,6-9H2,(H,25,27). The summed E-state index contributed by atoms with van der Waals surface area (Å²) in [5.41, 5.74) is 0.969. The van der Waals surface area contributed by atoms with Crippen molar-refractivity contribution in [2.45, 2.75) is 19.3 Å². The van der Waals surface area contributed by atoms with Crippen molar-refractivity contribution in [3.8, 4) is 11.3 Å². The summed E-state index contributed by atoms with van der Waals surface area (Å²) in [4.78, 5) is 16.0. The van der Waals surface area contributed by atoms with Crippen molar-refractivity contribution in [3.63, 3.8) is 0 Å². The first kappa shape index (κ1) is 20.3. The van der Waals surface area contributed by atoms with E-state index in [1.54, 1.807) is 12.1 Å². The molecule has 1 N–H and O–H groups in total. The fourth-order valence-electron chi connectivity index (χ4n) is 2.63. The van der Waals surface area contributed by atoms with Crippen molar-refractivity contribution in [2.75, 3.05) is 6.54 Å². The predicted molar refractivity (Wildman–Crippen MR) is 103 cm³/mol. The fourth-order valence-corrected chi connectivity index (χ4v) is 3.04. The fraction of sp³-hybridized carbons (Fsp3) is 0.200. The van der Waals surface area contributed by atoms with Crippen LogP contribution in [-0.2, 0) is 17.6 Å². The molecule has 4 nitrogen and oxygen atoms in total. The summed E-state index contributed by atoms with van der Waals surface area (Å²) in [6.07, 6.45) is 2.32. The Morgan fingerprint density at radius 2 is 1.96 bits per heavy atom. The molecule has 0 saturated heterocycles. The summed E-state index contributed by atoms with van der Waals surface area (Å²) in [5, 5.41) is 3.75. The monoisotopic (exact) mass is 424 g/mol. The molecule has 8 heteroatoms. The van der Waals surface area contributed by atoms with Gasteiger partial charge in [0, 0.05) is 25.5 Å². The molecule has 3 rings (SSSR count). The molecule has 2 aromatic carbocycles. The maximum Gasteiger partial charge on any atom is 0.220 e. The van der Waals surface area contributed by atoms with E-state index in [9.17, 15) is 13.6 Å². The van der Waals surface area contributed by atoms with Crippen LogP contribution in [0.1, 0.15) is 17.9 Å². The minimum absolute atomic E-state index is 0.114. The van der Waals surface area contributed by atoms with Gasteiger partial charge in [-0.3, -0.25) is 4.79 Å². The molecule has 0 fully saturated rings. The Labute approximate surface area is 170 Å². The number of halogens is 4. The Morgan fingerprint density at radius 3 is 2.75 bits per heavy atom. The molecule has 0 aliphatic rings. The van der Waals surface area contributed by atoms with Gasteiger partial charge in [0.1, 0.15) is 11.6 Å². The summed E-state index contributed by atoms with van der Waals surface area (Å²) in [6, 6.07) is 8.55. The molecule has 1 amide bonds. The molecule has 146 valence electrons. The van der Waals surface area contributed by atoms with Gasteiger partial charge in [-0.25, -0.2) is 13.8 Å². The number of benzene rings is 2. The normalized spacial score (nSPS) is 10.9. The highest BCUT2D eigenvalue weighted by Gasteiger charge is 2.13. The van der Waals surface area contributed by atoms with E-state index in [1.807, 2.05) is 6.07 Å². The van der Waals surface area contributed by atoms with Gasteiger partial charge < -0.3 is 9.73 Å². The van der Waals surface area contributed by atoms with Gasteiger partial charge in [0.25, 0.3) is 0 Å². The highest BCUT2D eigenvalue weighted by atomic mass is 35.5. The molecular weight excluding hydrogens is 409 g/mol. The molecule has 28 heavy (non-hydrogen) atoms. The highest BCUT2D eigenvalue weighted by molar-refractivity contribution is 6.42. The number of oxazole rings is 1. The number of aromatic nitrogens is 1. The van der Waals surface area contributed by atoms with Crippen LogP contribution in [0.15, 0.2) is 47.0 Å². The molecule has 3 aromatic rings. The average Bonchev–Trinajstić information content (AvgIpc) is 3.12. The van der Waals surface area contributed by atoms with Crippen molar-refractivity contribution in [1.29, 1.82) is 0 Å². The van der Waals surface area contributed by atoms with E-state index in [-0.39, 0.29) is 30.1 Å². The second-order valence-electron chi connectivity index (χ2n) is 6.06. The molecule has 0 unspecified atom stereocenters. The zero-order chi connectivity index (χ0) is 20.1. The number of hydrogen-bond acceptors (Lipinski definition) is 3. The lowest BCUT2D eigenvalue weighted by Gasteiger charge is -2.07. The van der Waals surface area contributed by atoms with Gasteiger partial charge in [-0.2, -0.15) is 0 Å². The summed E-state index contributed by atoms with van der Waals surface area (Å²) in [5.74, 6) is -1.10. The molecule has 1 heterocycles. The summed E-state index contributed by atoms with van der Waals surface area (Å²) < 4.78 is 32.2. The summed E-state index contributed by atoms with van der Waals surface area (Å²) in [7, 11) is 0. The second-order valence-corrected chi connectivity index (χ2v) is 6.84. The lowest BCUT2D eigenvalue weighted by molar-refractivity contribution is -0.121. The highest BCUT2D eigenvalue weighted by Crippen LogP contribution is 2.26. The van der Waals surface area contributed by atoms with Crippen molar-refractivity contribution in [3.05, 3.63) is 75.7 Å². The number of hydrogen-bond donors (Lipinski definition) is 1. The Morgan fingerprint density at radius 1 is 1.14 bits per heavy atom. The van der Waals surface area contributed by atoms with Gasteiger partial charge in [0.05, 0.1) is 21.8 Å².